The normalized spacial score (nSPS) is 31.2. The lowest BCUT2D eigenvalue weighted by atomic mass is 9.70. The fourth-order valence-electron chi connectivity index (χ4n) is 6.02. The third-order valence-electron chi connectivity index (χ3n) is 7.56. The van der Waals surface area contributed by atoms with Crippen molar-refractivity contribution in [2.24, 2.45) is 11.8 Å². The number of anilines is 1. The second-order valence-corrected chi connectivity index (χ2v) is 10.5. The number of fused-ring (bicyclic) bond motifs is 1. The lowest BCUT2D eigenvalue weighted by Gasteiger charge is -2.39. The van der Waals surface area contributed by atoms with E-state index in [-0.39, 0.29) is 36.4 Å². The average Bonchev–Trinajstić information content (AvgIpc) is 3.47. The van der Waals surface area contributed by atoms with Crippen LogP contribution in [0.2, 0.25) is 0 Å². The van der Waals surface area contributed by atoms with Crippen LogP contribution in [-0.4, -0.2) is 83.3 Å². The fraction of sp³-hybridized carbons (Fsp3) is 0.577. The zero-order chi connectivity index (χ0) is 26.2. The number of nitrogens with zero attached hydrogens (tertiary/aromatic N) is 2. The Morgan fingerprint density at radius 3 is 2.61 bits per heavy atom. The number of alkyl halides is 1. The summed E-state index contributed by atoms with van der Waals surface area (Å²) in [5.41, 5.74) is -0.617. The number of halogens is 1. The fourth-order valence-corrected chi connectivity index (χ4v) is 6.97. The number of hydrogen-bond donors (Lipinski definition) is 1. The summed E-state index contributed by atoms with van der Waals surface area (Å²) in [6.45, 7) is 7.43. The van der Waals surface area contributed by atoms with Crippen molar-refractivity contribution in [3.8, 4) is 5.75 Å². The van der Waals surface area contributed by atoms with Gasteiger partial charge in [0.1, 0.15) is 17.4 Å². The van der Waals surface area contributed by atoms with Crippen molar-refractivity contribution >= 4 is 39.4 Å². The highest BCUT2D eigenvalue weighted by atomic mass is 79.9. The van der Waals surface area contributed by atoms with E-state index in [2.05, 4.69) is 22.5 Å². The van der Waals surface area contributed by atoms with Gasteiger partial charge in [0.25, 0.3) is 5.91 Å². The van der Waals surface area contributed by atoms with Crippen molar-refractivity contribution in [2.75, 3.05) is 31.8 Å². The molecule has 2 bridgehead atoms. The molecular weight excluding hydrogens is 532 g/mol. The number of carbonyl (C=O) groups is 3. The monoisotopic (exact) mass is 564 g/mol. The minimum Gasteiger partial charge on any atom is -0.497 e. The second-order valence-electron chi connectivity index (χ2n) is 9.34. The number of benzene rings is 1. The van der Waals surface area contributed by atoms with Crippen LogP contribution < -0.4 is 9.64 Å². The third kappa shape index (κ3) is 4.03. The Bertz CT molecular complexity index is 1010. The Balaban J connectivity index is 1.82. The summed E-state index contributed by atoms with van der Waals surface area (Å²) in [5, 5.41) is 10.2. The molecule has 3 aliphatic heterocycles. The quantitative estimate of drug-likeness (QED) is 0.264. The lowest BCUT2D eigenvalue weighted by Crippen LogP contribution is -2.59. The molecule has 3 unspecified atom stereocenters. The Labute approximate surface area is 219 Å². The molecule has 196 valence electrons. The molecule has 0 radical (unpaired) electrons. The number of likely N-dealkylation sites (tertiary alicyclic amines) is 1. The summed E-state index contributed by atoms with van der Waals surface area (Å²) in [5.74, 6) is -2.28. The summed E-state index contributed by atoms with van der Waals surface area (Å²) in [7, 11) is 1.56. The first-order valence-electron chi connectivity index (χ1n) is 12.3. The van der Waals surface area contributed by atoms with E-state index in [9.17, 15) is 19.5 Å². The maximum Gasteiger partial charge on any atom is 0.312 e. The lowest BCUT2D eigenvalue weighted by molar-refractivity contribution is -0.155. The van der Waals surface area contributed by atoms with Crippen molar-refractivity contribution in [2.45, 2.75) is 55.3 Å². The van der Waals surface area contributed by atoms with Gasteiger partial charge in [-0.3, -0.25) is 14.4 Å². The molecule has 36 heavy (non-hydrogen) atoms. The Kier molecular flexibility index (Phi) is 7.78. The van der Waals surface area contributed by atoms with Crippen molar-refractivity contribution in [1.29, 1.82) is 0 Å². The number of amides is 2. The van der Waals surface area contributed by atoms with E-state index in [0.717, 1.165) is 0 Å². The van der Waals surface area contributed by atoms with Gasteiger partial charge in [-0.25, -0.2) is 0 Å². The highest BCUT2D eigenvalue weighted by Gasteiger charge is 2.77. The number of carbonyl (C=O) groups excluding carboxylic acids is 3. The molecule has 0 saturated carbocycles. The summed E-state index contributed by atoms with van der Waals surface area (Å²) in [4.78, 5) is 44.1. The number of ether oxygens (including phenoxy) is 3. The van der Waals surface area contributed by atoms with E-state index >= 15 is 0 Å². The maximum absolute atomic E-state index is 14.4. The molecule has 0 aromatic heterocycles. The Morgan fingerprint density at radius 1 is 1.36 bits per heavy atom. The van der Waals surface area contributed by atoms with Gasteiger partial charge < -0.3 is 29.1 Å². The van der Waals surface area contributed by atoms with Crippen LogP contribution in [0.5, 0.6) is 5.75 Å². The molecule has 1 aromatic rings. The number of esters is 1. The molecule has 0 aliphatic carbocycles. The van der Waals surface area contributed by atoms with Gasteiger partial charge in [-0.15, -0.1) is 6.58 Å². The van der Waals surface area contributed by atoms with Crippen LogP contribution in [0.1, 0.15) is 26.7 Å². The van der Waals surface area contributed by atoms with Gasteiger partial charge in [0.15, 0.2) is 0 Å². The van der Waals surface area contributed by atoms with Crippen molar-refractivity contribution in [3.05, 3.63) is 36.9 Å². The van der Waals surface area contributed by atoms with Crippen LogP contribution in [0.4, 0.5) is 5.69 Å². The predicted molar refractivity (Wildman–Crippen MR) is 136 cm³/mol. The van der Waals surface area contributed by atoms with E-state index in [0.29, 0.717) is 24.3 Å². The van der Waals surface area contributed by atoms with Gasteiger partial charge in [0.2, 0.25) is 5.91 Å². The Morgan fingerprint density at radius 2 is 2.06 bits per heavy atom. The van der Waals surface area contributed by atoms with Gasteiger partial charge in [-0.05, 0) is 44.0 Å². The molecule has 9 nitrogen and oxygen atoms in total. The van der Waals surface area contributed by atoms with E-state index in [1.807, 2.05) is 6.92 Å². The van der Waals surface area contributed by atoms with Crippen LogP contribution in [-0.2, 0) is 23.9 Å². The number of hydrogen-bond acceptors (Lipinski definition) is 7. The minimum atomic E-state index is -1.22. The molecule has 4 rings (SSSR count). The first-order chi connectivity index (χ1) is 17.3. The molecule has 10 heteroatoms. The molecule has 1 spiro atoms. The molecule has 7 atom stereocenters. The number of aliphatic hydroxyl groups excluding tert-OH is 1. The van der Waals surface area contributed by atoms with Crippen molar-refractivity contribution in [3.63, 3.8) is 0 Å². The van der Waals surface area contributed by atoms with Gasteiger partial charge in [0, 0.05) is 17.1 Å². The Hall–Kier alpha value is -2.43. The zero-order valence-electron chi connectivity index (χ0n) is 20.8. The molecule has 2 amide bonds. The maximum atomic E-state index is 14.4. The summed E-state index contributed by atoms with van der Waals surface area (Å²) < 4.78 is 17.0. The van der Waals surface area contributed by atoms with Crippen LogP contribution >= 0.6 is 15.9 Å². The molecule has 1 N–H and O–H groups in total. The second kappa shape index (κ2) is 10.5. The first-order valence-corrected chi connectivity index (χ1v) is 13.2. The minimum absolute atomic E-state index is 0.174. The average molecular weight is 565 g/mol. The number of aliphatic hydroxyl groups is 1. The molecule has 3 saturated heterocycles. The first kappa shape index (κ1) is 26.6. The zero-order valence-corrected chi connectivity index (χ0v) is 22.3. The summed E-state index contributed by atoms with van der Waals surface area (Å²) in [6.07, 6.45) is 1.84. The molecular formula is C26H33BrN2O7. The topological polar surface area (TPSA) is 106 Å². The van der Waals surface area contributed by atoms with E-state index in [1.54, 1.807) is 49.3 Å². The molecule has 3 heterocycles. The van der Waals surface area contributed by atoms with E-state index in [4.69, 9.17) is 14.2 Å². The van der Waals surface area contributed by atoms with Gasteiger partial charge >= 0.3 is 5.97 Å². The van der Waals surface area contributed by atoms with Crippen molar-refractivity contribution < 1.29 is 33.7 Å². The predicted octanol–water partition coefficient (Wildman–Crippen LogP) is 2.30. The van der Waals surface area contributed by atoms with Crippen molar-refractivity contribution in [1.82, 2.24) is 4.90 Å². The van der Waals surface area contributed by atoms with Crippen LogP contribution in [0, 0.1) is 11.8 Å². The highest BCUT2D eigenvalue weighted by molar-refractivity contribution is 9.09. The van der Waals surface area contributed by atoms with Gasteiger partial charge in [-0.2, -0.15) is 0 Å². The third-order valence-corrected chi connectivity index (χ3v) is 8.40. The smallest absolute Gasteiger partial charge is 0.312 e. The summed E-state index contributed by atoms with van der Waals surface area (Å²) >= 11 is 3.64. The molecule has 3 fully saturated rings. The van der Waals surface area contributed by atoms with E-state index in [1.165, 1.54) is 4.90 Å². The summed E-state index contributed by atoms with van der Waals surface area (Å²) in [6, 6.07) is 5.40. The van der Waals surface area contributed by atoms with Gasteiger partial charge in [0.05, 0.1) is 44.3 Å². The van der Waals surface area contributed by atoms with E-state index < -0.39 is 41.6 Å². The molecule has 1 aromatic carbocycles. The van der Waals surface area contributed by atoms with Crippen LogP contribution in [0.3, 0.4) is 0 Å². The SMILES string of the molecule is C=CCN(C(=O)C1N([C@@H](CC)CO)C(=O)[C@@H]2[C@H](C(=O)OCC)[C@H]3OC12CC3Br)c1ccc(OC)cc1. The van der Waals surface area contributed by atoms with Crippen LogP contribution in [0.15, 0.2) is 36.9 Å². The largest absolute Gasteiger partial charge is 0.497 e. The standard InChI is InChI=1S/C26H33BrN2O7/c1-5-12-28(16-8-10-17(34-4)11-9-16)24(32)22-26-13-18(27)21(36-26)19(25(33)35-7-3)20(26)23(31)29(22)15(6-2)14-30/h5,8-11,15,18-22,30H,1,6-7,12-14H2,2-4H3/t15-,18?,19-,20-,21-,22?,26?/m0/s1. The molecule has 3 aliphatic rings. The highest BCUT2D eigenvalue weighted by Crippen LogP contribution is 2.60. The van der Waals surface area contributed by atoms with Crippen LogP contribution in [0.25, 0.3) is 0 Å². The number of rotatable bonds is 10. The number of methoxy groups -OCH3 is 1. The van der Waals surface area contributed by atoms with Gasteiger partial charge in [-0.1, -0.05) is 28.9 Å².